The first-order chi connectivity index (χ1) is 12.2. The Balaban J connectivity index is 1.69. The maximum atomic E-state index is 11.0. The summed E-state index contributed by atoms with van der Waals surface area (Å²) in [7, 11) is 1.41. The number of hydrazone groups is 1. The molecule has 132 valence electrons. The minimum atomic E-state index is -0.159. The van der Waals surface area contributed by atoms with Crippen LogP contribution in [0.15, 0.2) is 47.6 Å². The van der Waals surface area contributed by atoms with Crippen LogP contribution in [0.3, 0.4) is 0 Å². The lowest BCUT2D eigenvalue weighted by atomic mass is 10.1. The van der Waals surface area contributed by atoms with E-state index >= 15 is 0 Å². The van der Waals surface area contributed by atoms with Gasteiger partial charge in [0.2, 0.25) is 0 Å². The predicted molar refractivity (Wildman–Crippen MR) is 106 cm³/mol. The molecule has 0 amide bonds. The number of ether oxygens (including phenoxy) is 1. The van der Waals surface area contributed by atoms with E-state index in [4.69, 9.17) is 12.2 Å². The third-order valence-electron chi connectivity index (χ3n) is 3.76. The normalized spacial score (nSPS) is 10.8. The predicted octanol–water partition coefficient (Wildman–Crippen LogP) is 3.37. The number of methoxy groups -OCH3 is 1. The zero-order valence-corrected chi connectivity index (χ0v) is 15.1. The Morgan fingerprint density at radius 1 is 1.16 bits per heavy atom. The highest BCUT2D eigenvalue weighted by Gasteiger charge is 2.00. The maximum Gasteiger partial charge on any atom is 0.305 e. The summed E-state index contributed by atoms with van der Waals surface area (Å²) in [5.74, 6) is -0.159. The second-order valence-electron chi connectivity index (χ2n) is 5.58. The number of nitrogens with zero attached hydrogens (tertiary/aromatic N) is 1. The largest absolute Gasteiger partial charge is 0.469 e. The SMILES string of the molecule is COC(=O)CCCCCNC(=S)N/N=C\c1cccc2ccccc12. The van der Waals surface area contributed by atoms with Crippen molar-refractivity contribution in [1.29, 1.82) is 0 Å². The lowest BCUT2D eigenvalue weighted by Gasteiger charge is -2.07. The summed E-state index contributed by atoms with van der Waals surface area (Å²) in [6, 6.07) is 14.3. The van der Waals surface area contributed by atoms with Gasteiger partial charge in [0, 0.05) is 18.5 Å². The Bertz CT molecular complexity index is 741. The number of carbonyl (C=O) groups excluding carboxylic acids is 1. The third-order valence-corrected chi connectivity index (χ3v) is 4.00. The van der Waals surface area contributed by atoms with Gasteiger partial charge in [-0.05, 0) is 35.8 Å². The fourth-order valence-electron chi connectivity index (χ4n) is 2.44. The number of unbranched alkanes of at least 4 members (excludes halogenated alkanes) is 2. The van der Waals surface area contributed by atoms with Gasteiger partial charge in [-0.2, -0.15) is 5.10 Å². The Morgan fingerprint density at radius 3 is 2.80 bits per heavy atom. The van der Waals surface area contributed by atoms with Crippen molar-refractivity contribution in [3.63, 3.8) is 0 Å². The van der Waals surface area contributed by atoms with Gasteiger partial charge >= 0.3 is 5.97 Å². The van der Waals surface area contributed by atoms with Crippen molar-refractivity contribution < 1.29 is 9.53 Å². The zero-order valence-electron chi connectivity index (χ0n) is 14.3. The van der Waals surface area contributed by atoms with Gasteiger partial charge in [0.15, 0.2) is 5.11 Å². The monoisotopic (exact) mass is 357 g/mol. The highest BCUT2D eigenvalue weighted by Crippen LogP contribution is 2.16. The number of rotatable bonds is 8. The molecular weight excluding hydrogens is 334 g/mol. The van der Waals surface area contributed by atoms with Gasteiger partial charge in [-0.3, -0.25) is 10.2 Å². The number of hydrogen-bond donors (Lipinski definition) is 2. The van der Waals surface area contributed by atoms with Crippen LogP contribution in [-0.2, 0) is 9.53 Å². The van der Waals surface area contributed by atoms with Crippen LogP contribution in [0, 0.1) is 0 Å². The molecule has 0 radical (unpaired) electrons. The highest BCUT2D eigenvalue weighted by atomic mass is 32.1. The molecule has 0 saturated heterocycles. The van der Waals surface area contributed by atoms with Crippen molar-refractivity contribution >= 4 is 40.3 Å². The molecule has 2 aromatic carbocycles. The molecule has 0 aliphatic rings. The Morgan fingerprint density at radius 2 is 1.96 bits per heavy atom. The van der Waals surface area contributed by atoms with Crippen molar-refractivity contribution in [3.05, 3.63) is 48.0 Å². The van der Waals surface area contributed by atoms with E-state index in [-0.39, 0.29) is 5.97 Å². The molecular formula is C19H23N3O2S. The van der Waals surface area contributed by atoms with Crippen molar-refractivity contribution in [2.75, 3.05) is 13.7 Å². The molecule has 0 aromatic heterocycles. The minimum absolute atomic E-state index is 0.159. The molecule has 2 aromatic rings. The van der Waals surface area contributed by atoms with E-state index in [0.29, 0.717) is 11.5 Å². The third kappa shape index (κ3) is 6.51. The van der Waals surface area contributed by atoms with Gasteiger partial charge in [0.05, 0.1) is 13.3 Å². The number of carbonyl (C=O) groups is 1. The molecule has 0 unspecified atom stereocenters. The molecule has 0 aliphatic carbocycles. The fraction of sp³-hybridized carbons (Fsp3) is 0.316. The van der Waals surface area contributed by atoms with E-state index in [9.17, 15) is 4.79 Å². The number of hydrogen-bond acceptors (Lipinski definition) is 4. The molecule has 0 atom stereocenters. The molecule has 0 bridgehead atoms. The quantitative estimate of drug-likeness (QED) is 0.249. The van der Waals surface area contributed by atoms with Crippen LogP contribution in [0.25, 0.3) is 10.8 Å². The number of benzene rings is 2. The van der Waals surface area contributed by atoms with Gasteiger partial charge in [-0.25, -0.2) is 0 Å². The molecule has 0 aliphatic heterocycles. The summed E-state index contributed by atoms with van der Waals surface area (Å²) in [6.45, 7) is 0.747. The second-order valence-corrected chi connectivity index (χ2v) is 5.99. The summed E-state index contributed by atoms with van der Waals surface area (Å²) in [4.78, 5) is 11.0. The molecule has 5 nitrogen and oxygen atoms in total. The van der Waals surface area contributed by atoms with Crippen molar-refractivity contribution in [2.45, 2.75) is 25.7 Å². The lowest BCUT2D eigenvalue weighted by Crippen LogP contribution is -2.32. The number of fused-ring (bicyclic) bond motifs is 1. The zero-order chi connectivity index (χ0) is 17.9. The van der Waals surface area contributed by atoms with Gasteiger partial charge in [-0.15, -0.1) is 0 Å². The van der Waals surface area contributed by atoms with Crippen LogP contribution >= 0.6 is 12.2 Å². The van der Waals surface area contributed by atoms with E-state index in [1.165, 1.54) is 12.5 Å². The average molecular weight is 357 g/mol. The molecule has 0 fully saturated rings. The minimum Gasteiger partial charge on any atom is -0.469 e. The second kappa shape index (κ2) is 10.4. The fourth-order valence-corrected chi connectivity index (χ4v) is 2.59. The smallest absolute Gasteiger partial charge is 0.305 e. The van der Waals surface area contributed by atoms with E-state index in [0.717, 1.165) is 36.8 Å². The Kier molecular flexibility index (Phi) is 7.85. The number of nitrogens with one attached hydrogen (secondary N) is 2. The molecule has 2 N–H and O–H groups in total. The molecule has 0 heterocycles. The molecule has 6 heteroatoms. The van der Waals surface area contributed by atoms with Crippen molar-refractivity contribution in [2.24, 2.45) is 5.10 Å². The van der Waals surface area contributed by atoms with Crippen molar-refractivity contribution in [1.82, 2.24) is 10.7 Å². The van der Waals surface area contributed by atoms with Crippen LogP contribution in [-0.4, -0.2) is 31.0 Å². The van der Waals surface area contributed by atoms with Crippen molar-refractivity contribution in [3.8, 4) is 0 Å². The number of thiocarbonyl (C=S) groups is 1. The molecule has 25 heavy (non-hydrogen) atoms. The van der Waals surface area contributed by atoms with Crippen LogP contribution in [0.1, 0.15) is 31.2 Å². The summed E-state index contributed by atoms with van der Waals surface area (Å²) in [5.41, 5.74) is 3.87. The summed E-state index contributed by atoms with van der Waals surface area (Å²) in [5, 5.41) is 10.1. The number of esters is 1. The first-order valence-corrected chi connectivity index (χ1v) is 8.73. The topological polar surface area (TPSA) is 62.7 Å². The highest BCUT2D eigenvalue weighted by molar-refractivity contribution is 7.80. The Hall–Kier alpha value is -2.47. The van der Waals surface area contributed by atoms with Crippen LogP contribution in [0.5, 0.6) is 0 Å². The molecule has 2 rings (SSSR count). The van der Waals surface area contributed by atoms with Crippen LogP contribution < -0.4 is 10.7 Å². The molecule has 0 saturated carbocycles. The summed E-state index contributed by atoms with van der Waals surface area (Å²) in [6.07, 6.45) is 4.95. The van der Waals surface area contributed by atoms with Gasteiger partial charge in [-0.1, -0.05) is 48.9 Å². The first-order valence-electron chi connectivity index (χ1n) is 8.32. The van der Waals surface area contributed by atoms with Gasteiger partial charge in [0.25, 0.3) is 0 Å². The van der Waals surface area contributed by atoms with E-state index < -0.39 is 0 Å². The Labute approximate surface area is 153 Å². The maximum absolute atomic E-state index is 11.0. The van der Waals surface area contributed by atoms with E-state index in [1.807, 2.05) is 24.3 Å². The standard InChI is InChI=1S/C19H23N3O2S/c1-24-18(23)12-3-2-6-13-20-19(25)22-21-14-16-10-7-9-15-8-4-5-11-17(15)16/h4-5,7-11,14H,2-3,6,12-13H2,1H3,(H2,20,22,25)/b21-14-. The summed E-state index contributed by atoms with van der Waals surface area (Å²) >= 11 is 5.19. The van der Waals surface area contributed by atoms with E-state index in [1.54, 1.807) is 6.21 Å². The average Bonchev–Trinajstić information content (AvgIpc) is 2.64. The van der Waals surface area contributed by atoms with E-state index in [2.05, 4.69) is 38.8 Å². The van der Waals surface area contributed by atoms with Gasteiger partial charge in [0.1, 0.15) is 0 Å². The lowest BCUT2D eigenvalue weighted by molar-refractivity contribution is -0.140. The van der Waals surface area contributed by atoms with Crippen LogP contribution in [0.4, 0.5) is 0 Å². The van der Waals surface area contributed by atoms with Crippen LogP contribution in [0.2, 0.25) is 0 Å². The van der Waals surface area contributed by atoms with Gasteiger partial charge < -0.3 is 10.1 Å². The first kappa shape index (κ1) is 18.9. The molecule has 0 spiro atoms. The summed E-state index contributed by atoms with van der Waals surface area (Å²) < 4.78 is 4.60.